The minimum absolute atomic E-state index is 0.250. The van der Waals surface area contributed by atoms with Crippen LogP contribution in [0.25, 0.3) is 22.2 Å². The summed E-state index contributed by atoms with van der Waals surface area (Å²) in [4.78, 5) is 3.51. The smallest absolute Gasteiger partial charge is 0.122 e. The fourth-order valence-corrected chi connectivity index (χ4v) is 3.98. The maximum absolute atomic E-state index is 7.57. The highest BCUT2D eigenvalue weighted by atomic mass is 16.5. The van der Waals surface area contributed by atoms with E-state index in [1.807, 2.05) is 0 Å². The fourth-order valence-electron chi connectivity index (χ4n) is 3.98. The highest BCUT2D eigenvalue weighted by Crippen LogP contribution is 2.28. The summed E-state index contributed by atoms with van der Waals surface area (Å²) < 4.78 is 6.05. The van der Waals surface area contributed by atoms with Crippen LogP contribution in [0.3, 0.4) is 0 Å². The molecule has 0 spiro atoms. The van der Waals surface area contributed by atoms with Crippen molar-refractivity contribution in [3.05, 3.63) is 54.1 Å². The molecule has 0 saturated heterocycles. The van der Waals surface area contributed by atoms with E-state index in [1.165, 1.54) is 79.8 Å². The molecule has 2 N–H and O–H groups in total. The van der Waals surface area contributed by atoms with Crippen molar-refractivity contribution in [2.75, 3.05) is 13.2 Å². The van der Waals surface area contributed by atoms with Gasteiger partial charge < -0.3 is 14.8 Å². The molecule has 3 heteroatoms. The van der Waals surface area contributed by atoms with Crippen LogP contribution in [-0.4, -0.2) is 23.3 Å². The Morgan fingerprint density at radius 1 is 0.781 bits per heavy atom. The number of aliphatic hydroxyl groups excluding tert-OH is 1. The molecule has 0 aliphatic heterocycles. The number of ether oxygens (including phenoxy) is 1. The molecular formula is C29H43NO2. The lowest BCUT2D eigenvalue weighted by molar-refractivity contribution is 0.302. The molecular weight excluding hydrogens is 394 g/mol. The third-order valence-electron chi connectivity index (χ3n) is 5.77. The number of aromatic nitrogens is 1. The van der Waals surface area contributed by atoms with E-state index < -0.39 is 0 Å². The molecule has 0 radical (unpaired) electrons. The molecule has 0 amide bonds. The van der Waals surface area contributed by atoms with E-state index in [4.69, 9.17) is 9.84 Å². The molecule has 1 heterocycles. The molecule has 2 aromatic carbocycles. The maximum Gasteiger partial charge on any atom is 0.122 e. The molecule has 3 aromatic rings. The van der Waals surface area contributed by atoms with Gasteiger partial charge in [0.2, 0.25) is 0 Å². The van der Waals surface area contributed by atoms with Crippen molar-refractivity contribution in [1.29, 1.82) is 0 Å². The van der Waals surface area contributed by atoms with Gasteiger partial charge in [0.05, 0.1) is 6.61 Å². The number of fused-ring (bicyclic) bond motifs is 1. The van der Waals surface area contributed by atoms with Gasteiger partial charge in [-0.1, -0.05) is 82.9 Å². The van der Waals surface area contributed by atoms with Crippen molar-refractivity contribution >= 4 is 10.9 Å². The minimum atomic E-state index is 0.250. The predicted molar refractivity (Wildman–Crippen MR) is 139 cm³/mol. The van der Waals surface area contributed by atoms with Crippen LogP contribution >= 0.6 is 0 Å². The average Bonchev–Trinajstić information content (AvgIpc) is 3.23. The minimum Gasteiger partial charge on any atom is -0.493 e. The predicted octanol–water partition coefficient (Wildman–Crippen LogP) is 8.44. The van der Waals surface area contributed by atoms with E-state index in [2.05, 4.69) is 67.4 Å². The van der Waals surface area contributed by atoms with E-state index >= 15 is 0 Å². The van der Waals surface area contributed by atoms with Crippen LogP contribution in [-0.2, 0) is 0 Å². The van der Waals surface area contributed by atoms with Gasteiger partial charge >= 0.3 is 0 Å². The van der Waals surface area contributed by atoms with Gasteiger partial charge in [-0.2, -0.15) is 0 Å². The molecule has 0 aliphatic rings. The summed E-state index contributed by atoms with van der Waals surface area (Å²) in [6, 6.07) is 17.1. The third kappa shape index (κ3) is 9.08. The number of aryl methyl sites for hydroxylation is 1. The Balaban J connectivity index is 0.00000114. The number of benzene rings is 2. The van der Waals surface area contributed by atoms with E-state index in [9.17, 15) is 0 Å². The van der Waals surface area contributed by atoms with E-state index in [-0.39, 0.29) is 6.61 Å². The summed E-state index contributed by atoms with van der Waals surface area (Å²) in [7, 11) is 0. The highest BCUT2D eigenvalue weighted by molar-refractivity contribution is 5.85. The van der Waals surface area contributed by atoms with Gasteiger partial charge in [0.15, 0.2) is 0 Å². The second-order valence-electron chi connectivity index (χ2n) is 8.60. The Morgan fingerprint density at radius 2 is 1.41 bits per heavy atom. The Morgan fingerprint density at radius 3 is 2.03 bits per heavy atom. The first-order valence-electron chi connectivity index (χ1n) is 12.6. The van der Waals surface area contributed by atoms with Crippen molar-refractivity contribution in [3.8, 4) is 17.0 Å². The molecule has 0 bridgehead atoms. The van der Waals surface area contributed by atoms with Gasteiger partial charge in [-0.15, -0.1) is 0 Å². The average molecular weight is 438 g/mol. The number of nitrogens with one attached hydrogen (secondary N) is 1. The Labute approximate surface area is 195 Å². The first kappa shape index (κ1) is 26.0. The lowest BCUT2D eigenvalue weighted by Gasteiger charge is -2.10. The van der Waals surface area contributed by atoms with Crippen LogP contribution in [0.4, 0.5) is 0 Å². The summed E-state index contributed by atoms with van der Waals surface area (Å²) in [6.45, 7) is 7.17. The topological polar surface area (TPSA) is 45.2 Å². The molecule has 0 atom stereocenters. The maximum atomic E-state index is 7.57. The van der Waals surface area contributed by atoms with Crippen LogP contribution in [0.5, 0.6) is 5.75 Å². The number of hydrogen-bond acceptors (Lipinski definition) is 2. The van der Waals surface area contributed by atoms with Crippen molar-refractivity contribution in [2.24, 2.45) is 0 Å². The van der Waals surface area contributed by atoms with Crippen molar-refractivity contribution < 1.29 is 9.84 Å². The zero-order chi connectivity index (χ0) is 23.0. The number of unbranched alkanes of at least 4 members (excludes halogenated alkanes) is 9. The number of hydrogen-bond donors (Lipinski definition) is 2. The monoisotopic (exact) mass is 437 g/mol. The van der Waals surface area contributed by atoms with Gasteiger partial charge in [0.25, 0.3) is 0 Å². The highest BCUT2D eigenvalue weighted by Gasteiger charge is 2.06. The second kappa shape index (κ2) is 15.5. The van der Waals surface area contributed by atoms with Gasteiger partial charge in [-0.3, -0.25) is 0 Å². The molecule has 32 heavy (non-hydrogen) atoms. The Bertz CT molecular complexity index is 851. The number of rotatable bonds is 13. The molecule has 0 fully saturated rings. The molecule has 176 valence electrons. The molecule has 0 unspecified atom stereocenters. The molecule has 0 aliphatic carbocycles. The number of aliphatic hydroxyl groups is 1. The standard InChI is InChI=1S/C27H37NO.C2H6O/c1-3-4-5-6-7-8-9-10-11-14-19-29-27-18-17-24(20-22(27)2)26-21-23-15-12-13-16-25(23)28-26;1-2-3/h12-13,15-18,20-21,28H,3-11,14,19H2,1-2H3;3H,2H2,1H3. The normalized spacial score (nSPS) is 10.8. The van der Waals surface area contributed by atoms with Gasteiger partial charge in [-0.25, -0.2) is 0 Å². The van der Waals surface area contributed by atoms with Gasteiger partial charge in [0, 0.05) is 23.2 Å². The molecule has 3 rings (SSSR count). The van der Waals surface area contributed by atoms with Crippen LogP contribution in [0.2, 0.25) is 0 Å². The van der Waals surface area contributed by atoms with Crippen molar-refractivity contribution in [1.82, 2.24) is 4.98 Å². The fraction of sp³-hybridized carbons (Fsp3) is 0.517. The van der Waals surface area contributed by atoms with E-state index in [0.717, 1.165) is 24.5 Å². The van der Waals surface area contributed by atoms with Crippen LogP contribution in [0, 0.1) is 6.92 Å². The lowest BCUT2D eigenvalue weighted by atomic mass is 10.1. The van der Waals surface area contributed by atoms with Gasteiger partial charge in [-0.05, 0) is 61.7 Å². The summed E-state index contributed by atoms with van der Waals surface area (Å²) in [5.41, 5.74) is 4.76. The number of H-pyrrole nitrogens is 1. The molecule has 1 aromatic heterocycles. The second-order valence-corrected chi connectivity index (χ2v) is 8.60. The largest absolute Gasteiger partial charge is 0.493 e. The third-order valence-corrected chi connectivity index (χ3v) is 5.77. The zero-order valence-electron chi connectivity index (χ0n) is 20.5. The summed E-state index contributed by atoms with van der Waals surface area (Å²) >= 11 is 0. The van der Waals surface area contributed by atoms with Gasteiger partial charge in [0.1, 0.15) is 5.75 Å². The number of aromatic amines is 1. The van der Waals surface area contributed by atoms with Crippen molar-refractivity contribution in [2.45, 2.75) is 85.0 Å². The lowest BCUT2D eigenvalue weighted by Crippen LogP contribution is -1.99. The molecule has 3 nitrogen and oxygen atoms in total. The van der Waals surface area contributed by atoms with Crippen LogP contribution < -0.4 is 4.74 Å². The Hall–Kier alpha value is -2.26. The molecule has 0 saturated carbocycles. The van der Waals surface area contributed by atoms with E-state index in [0.29, 0.717) is 0 Å². The van der Waals surface area contributed by atoms with E-state index in [1.54, 1.807) is 6.92 Å². The first-order valence-corrected chi connectivity index (χ1v) is 12.6. The summed E-state index contributed by atoms with van der Waals surface area (Å²) in [6.07, 6.45) is 13.6. The zero-order valence-corrected chi connectivity index (χ0v) is 20.5. The first-order chi connectivity index (χ1) is 15.7. The Kier molecular flexibility index (Phi) is 12.6. The summed E-state index contributed by atoms with van der Waals surface area (Å²) in [5, 5.41) is 8.82. The summed E-state index contributed by atoms with van der Waals surface area (Å²) in [5.74, 6) is 1.01. The van der Waals surface area contributed by atoms with Crippen LogP contribution in [0.1, 0.15) is 83.6 Å². The quantitative estimate of drug-likeness (QED) is 0.263. The SMILES string of the molecule is CCCCCCCCCCCCOc1ccc(-c2cc3ccccc3[nH]2)cc1C.CCO. The van der Waals surface area contributed by atoms with Crippen molar-refractivity contribution in [3.63, 3.8) is 0 Å². The number of para-hydroxylation sites is 1. The van der Waals surface area contributed by atoms with Crippen LogP contribution in [0.15, 0.2) is 48.5 Å².